The first-order chi connectivity index (χ1) is 13.7. The molecule has 0 spiro atoms. The van der Waals surface area contributed by atoms with E-state index in [2.05, 4.69) is 5.32 Å². The zero-order valence-corrected chi connectivity index (χ0v) is 15.7. The van der Waals surface area contributed by atoms with Crippen LogP contribution in [0.15, 0.2) is 58.9 Å². The van der Waals surface area contributed by atoms with Gasteiger partial charge in [0.1, 0.15) is 18.4 Å². The Bertz CT molecular complexity index is 845. The van der Waals surface area contributed by atoms with Crippen LogP contribution in [0.3, 0.4) is 0 Å². The molecule has 2 atom stereocenters. The first kappa shape index (κ1) is 18.3. The standard InChI is InChI=1S/C22H24N2O4/c25-21(23-14-17-9-6-12-27-17)15-24-18-10-4-5-11-19(18)28-20(22(24)26)13-16-7-2-1-3-8-16/h1-3,6-9,12-13,18-19H,4-5,10-11,14-15H2,(H,23,25)/b20-13+. The highest BCUT2D eigenvalue weighted by Crippen LogP contribution is 2.33. The molecule has 2 aromatic rings. The van der Waals surface area contributed by atoms with Gasteiger partial charge in [0.2, 0.25) is 5.91 Å². The average Bonchev–Trinajstić information content (AvgIpc) is 3.24. The average molecular weight is 380 g/mol. The van der Waals surface area contributed by atoms with Crippen molar-refractivity contribution in [3.05, 3.63) is 65.8 Å². The van der Waals surface area contributed by atoms with Crippen molar-refractivity contribution in [3.8, 4) is 0 Å². The van der Waals surface area contributed by atoms with Crippen molar-refractivity contribution in [1.29, 1.82) is 0 Å². The minimum Gasteiger partial charge on any atom is -0.482 e. The van der Waals surface area contributed by atoms with E-state index >= 15 is 0 Å². The van der Waals surface area contributed by atoms with Gasteiger partial charge >= 0.3 is 0 Å². The maximum absolute atomic E-state index is 13.1. The molecule has 1 saturated heterocycles. The van der Waals surface area contributed by atoms with Crippen molar-refractivity contribution in [2.45, 2.75) is 44.4 Å². The Labute approximate surface area is 164 Å². The molecule has 1 aromatic heterocycles. The lowest BCUT2D eigenvalue weighted by Gasteiger charge is -2.44. The number of rotatable bonds is 5. The Morgan fingerprint density at radius 3 is 2.75 bits per heavy atom. The minimum atomic E-state index is -0.222. The van der Waals surface area contributed by atoms with Crippen LogP contribution in [-0.4, -0.2) is 35.4 Å². The van der Waals surface area contributed by atoms with Crippen LogP contribution in [-0.2, 0) is 20.9 Å². The monoisotopic (exact) mass is 380 g/mol. The molecule has 0 bridgehead atoms. The van der Waals surface area contributed by atoms with Crippen LogP contribution in [0.5, 0.6) is 0 Å². The molecule has 1 aliphatic heterocycles. The summed E-state index contributed by atoms with van der Waals surface area (Å²) in [5.74, 6) is 0.574. The molecule has 1 saturated carbocycles. The summed E-state index contributed by atoms with van der Waals surface area (Å²) in [5, 5.41) is 2.83. The Morgan fingerprint density at radius 2 is 1.96 bits per heavy atom. The maximum Gasteiger partial charge on any atom is 0.289 e. The molecular formula is C22H24N2O4. The van der Waals surface area contributed by atoms with Crippen molar-refractivity contribution in [2.24, 2.45) is 0 Å². The van der Waals surface area contributed by atoms with Crippen LogP contribution < -0.4 is 5.32 Å². The van der Waals surface area contributed by atoms with Crippen LogP contribution in [0.2, 0.25) is 0 Å². The quantitative estimate of drug-likeness (QED) is 0.809. The van der Waals surface area contributed by atoms with Gasteiger partial charge in [0.25, 0.3) is 5.91 Å². The van der Waals surface area contributed by atoms with E-state index in [-0.39, 0.29) is 30.5 Å². The molecule has 1 N–H and O–H groups in total. The number of carbonyl (C=O) groups is 2. The van der Waals surface area contributed by atoms with Gasteiger partial charge in [-0.15, -0.1) is 0 Å². The summed E-state index contributed by atoms with van der Waals surface area (Å²) < 4.78 is 11.3. The van der Waals surface area contributed by atoms with Gasteiger partial charge in [-0.25, -0.2) is 0 Å². The van der Waals surface area contributed by atoms with Crippen molar-refractivity contribution in [2.75, 3.05) is 6.54 Å². The summed E-state index contributed by atoms with van der Waals surface area (Å²) in [6.45, 7) is 0.335. The molecule has 1 aromatic carbocycles. The number of carbonyl (C=O) groups excluding carboxylic acids is 2. The number of benzene rings is 1. The van der Waals surface area contributed by atoms with E-state index < -0.39 is 0 Å². The molecule has 6 heteroatoms. The summed E-state index contributed by atoms with van der Waals surface area (Å²) in [5.41, 5.74) is 0.905. The Kier molecular flexibility index (Phi) is 5.46. The number of hydrogen-bond donors (Lipinski definition) is 1. The van der Waals surface area contributed by atoms with Crippen LogP contribution >= 0.6 is 0 Å². The van der Waals surface area contributed by atoms with Crippen molar-refractivity contribution in [1.82, 2.24) is 10.2 Å². The molecule has 2 fully saturated rings. The van der Waals surface area contributed by atoms with Crippen molar-refractivity contribution >= 4 is 17.9 Å². The summed E-state index contributed by atoms with van der Waals surface area (Å²) in [6, 6.07) is 13.2. The topological polar surface area (TPSA) is 71.8 Å². The van der Waals surface area contributed by atoms with Gasteiger partial charge in [-0.1, -0.05) is 36.8 Å². The summed E-state index contributed by atoms with van der Waals surface area (Å²) >= 11 is 0. The third-order valence-corrected chi connectivity index (χ3v) is 5.27. The van der Waals surface area contributed by atoms with E-state index in [1.54, 1.807) is 29.4 Å². The van der Waals surface area contributed by atoms with Crippen LogP contribution in [0, 0.1) is 0 Å². The normalized spacial score (nSPS) is 23.2. The van der Waals surface area contributed by atoms with E-state index in [9.17, 15) is 9.59 Å². The van der Waals surface area contributed by atoms with Crippen LogP contribution in [0.4, 0.5) is 0 Å². The predicted octanol–water partition coefficient (Wildman–Crippen LogP) is 3.11. The second-order valence-corrected chi connectivity index (χ2v) is 7.22. The van der Waals surface area contributed by atoms with Gasteiger partial charge in [-0.05, 0) is 43.0 Å². The van der Waals surface area contributed by atoms with Crippen molar-refractivity contribution in [3.63, 3.8) is 0 Å². The number of morpholine rings is 1. The number of ether oxygens (including phenoxy) is 1. The van der Waals surface area contributed by atoms with Crippen LogP contribution in [0.25, 0.3) is 6.08 Å². The fourth-order valence-electron chi connectivity index (χ4n) is 3.87. The number of hydrogen-bond acceptors (Lipinski definition) is 4. The van der Waals surface area contributed by atoms with E-state index in [1.165, 1.54) is 0 Å². The van der Waals surface area contributed by atoms with Gasteiger partial charge in [0.05, 0.1) is 18.8 Å². The maximum atomic E-state index is 13.1. The third kappa shape index (κ3) is 4.11. The largest absolute Gasteiger partial charge is 0.482 e. The molecule has 2 amide bonds. The number of amides is 2. The van der Waals surface area contributed by atoms with Crippen molar-refractivity contribution < 1.29 is 18.7 Å². The minimum absolute atomic E-state index is 0.0240. The van der Waals surface area contributed by atoms with Gasteiger partial charge in [-0.3, -0.25) is 9.59 Å². The van der Waals surface area contributed by atoms with E-state index in [4.69, 9.17) is 9.15 Å². The molecule has 28 heavy (non-hydrogen) atoms. The van der Waals surface area contributed by atoms with E-state index in [0.29, 0.717) is 18.1 Å². The summed E-state index contributed by atoms with van der Waals surface area (Å²) in [4.78, 5) is 27.3. The highest BCUT2D eigenvalue weighted by Gasteiger charge is 2.42. The fraction of sp³-hybridized carbons (Fsp3) is 0.364. The van der Waals surface area contributed by atoms with Gasteiger partial charge < -0.3 is 19.4 Å². The second-order valence-electron chi connectivity index (χ2n) is 7.22. The van der Waals surface area contributed by atoms with E-state index in [0.717, 1.165) is 31.2 Å². The lowest BCUT2D eigenvalue weighted by Crippen LogP contribution is -2.57. The van der Waals surface area contributed by atoms with E-state index in [1.807, 2.05) is 30.3 Å². The molecule has 2 aliphatic rings. The zero-order chi connectivity index (χ0) is 19.3. The fourth-order valence-corrected chi connectivity index (χ4v) is 3.87. The summed E-state index contributed by atoms with van der Waals surface area (Å²) in [6.07, 6.45) is 7.15. The first-order valence-corrected chi connectivity index (χ1v) is 9.74. The number of nitrogens with zero attached hydrogens (tertiary/aromatic N) is 1. The zero-order valence-electron chi connectivity index (χ0n) is 15.7. The highest BCUT2D eigenvalue weighted by atomic mass is 16.5. The Balaban J connectivity index is 1.50. The third-order valence-electron chi connectivity index (χ3n) is 5.27. The highest BCUT2D eigenvalue weighted by molar-refractivity contribution is 5.98. The molecular weight excluding hydrogens is 356 g/mol. The predicted molar refractivity (Wildman–Crippen MR) is 104 cm³/mol. The SMILES string of the molecule is O=C(CN1C(=O)/C(=C\c2ccccc2)OC2CCCCC21)NCc1ccco1. The van der Waals surface area contributed by atoms with Gasteiger partial charge in [0, 0.05) is 0 Å². The second kappa shape index (κ2) is 8.33. The number of fused-ring (bicyclic) bond motifs is 1. The first-order valence-electron chi connectivity index (χ1n) is 9.74. The smallest absolute Gasteiger partial charge is 0.289 e. The molecule has 1 aliphatic carbocycles. The lowest BCUT2D eigenvalue weighted by atomic mass is 9.89. The Morgan fingerprint density at radius 1 is 1.14 bits per heavy atom. The molecule has 4 rings (SSSR count). The van der Waals surface area contributed by atoms with Crippen LogP contribution in [0.1, 0.15) is 37.0 Å². The van der Waals surface area contributed by atoms with Gasteiger partial charge in [-0.2, -0.15) is 0 Å². The molecule has 0 radical (unpaired) electrons. The summed E-state index contributed by atoms with van der Waals surface area (Å²) in [7, 11) is 0. The molecule has 6 nitrogen and oxygen atoms in total. The molecule has 2 unspecified atom stereocenters. The lowest BCUT2D eigenvalue weighted by molar-refractivity contribution is -0.151. The molecule has 2 heterocycles. The number of nitrogens with one attached hydrogen (secondary N) is 1. The number of furan rings is 1. The Hall–Kier alpha value is -3.02. The van der Waals surface area contributed by atoms with Gasteiger partial charge in [0.15, 0.2) is 5.76 Å². The molecule has 146 valence electrons.